The van der Waals surface area contributed by atoms with Crippen LogP contribution in [0.15, 0.2) is 139 Å². The number of non-ortho nitro benzene ring substituents is 1. The maximum atomic E-state index is 10.4. The van der Waals surface area contributed by atoms with Crippen molar-refractivity contribution in [3.63, 3.8) is 0 Å². The Bertz CT molecular complexity index is 3010. The molecule has 55 heavy (non-hydrogen) atoms. The third-order valence-corrected chi connectivity index (χ3v) is 10.6. The fraction of sp³-hybridized carbons (Fsp3) is 0.0256. The first-order valence-electron chi connectivity index (χ1n) is 16.7. The number of aromatic hydroxyl groups is 1. The van der Waals surface area contributed by atoms with Crippen LogP contribution in [0, 0.1) is 27.2 Å². The van der Waals surface area contributed by atoms with Gasteiger partial charge in [-0.1, -0.05) is 0 Å². The van der Waals surface area contributed by atoms with Gasteiger partial charge in [0, 0.05) is 11.6 Å². The van der Waals surface area contributed by atoms with E-state index in [9.17, 15) is 25.3 Å². The minimum atomic E-state index is -0.866. The monoisotopic (exact) mass is 773 g/mol. The van der Waals surface area contributed by atoms with Crippen LogP contribution >= 0.6 is 0 Å². The Hall–Kier alpha value is -7.42. The van der Waals surface area contributed by atoms with Crippen molar-refractivity contribution >= 4 is 67.9 Å². The molecule has 2 aromatic heterocycles. The first-order valence-corrected chi connectivity index (χ1v) is 17.6. The van der Waals surface area contributed by atoms with E-state index in [2.05, 4.69) is 55.7 Å². The minimum absolute atomic E-state index is 0.103. The molecule has 0 unspecified atom stereocenters. The molecule has 4 aliphatic heterocycles. The summed E-state index contributed by atoms with van der Waals surface area (Å²) in [5, 5.41) is 33.8. The third-order valence-electron chi connectivity index (χ3n) is 9.38. The quantitative estimate of drug-likeness (QED) is 0.121. The van der Waals surface area contributed by atoms with Gasteiger partial charge in [0.25, 0.3) is 5.69 Å². The van der Waals surface area contributed by atoms with Crippen LogP contribution < -0.4 is 11.0 Å². The standard InChI is InChI=1S/C32H16N8.C7H6N2O5.Cu/c1-2-10-18-17(9-1)25-33-26(18)38-28-21-13-5-6-14-22(21)30(35-28)40-32-24-16-8-7-15-23(24)31(36-32)39-29-20-12-4-3-11-19(20)27(34-29)37-25;1-4-2-5(8(11)12)3-6(7(4)10)9(13)14;/h1-16H;2-3,10H,1H3;/q-2;;+2. The van der Waals surface area contributed by atoms with Crippen molar-refractivity contribution in [2.75, 3.05) is 0 Å². The van der Waals surface area contributed by atoms with Crippen LogP contribution in [0.4, 0.5) is 23.0 Å². The summed E-state index contributed by atoms with van der Waals surface area (Å²) in [5.41, 5.74) is 4.36. The van der Waals surface area contributed by atoms with Crippen LogP contribution in [-0.2, 0) is 15.4 Å². The SMILES string of the molecule is Cc1cc([N+](=O)[O-])cc([N+](=O)[O-])c1O.c1ccc2c(c1)C1=NC/2=N\c2c3ccccc3c3[n]2[Cu][n]2/c(c4ccccc4/c2=N/C2=N\C(=N/3)c3ccccc32)=N\1. The molecule has 7 aromatic rings. The van der Waals surface area contributed by atoms with Gasteiger partial charge in [-0.3, -0.25) is 20.2 Å². The van der Waals surface area contributed by atoms with Crippen LogP contribution in [0.1, 0.15) is 27.8 Å². The van der Waals surface area contributed by atoms with Gasteiger partial charge in [0.2, 0.25) is 0 Å². The molecule has 1 N–H and O–H groups in total. The van der Waals surface area contributed by atoms with Gasteiger partial charge in [0.15, 0.2) is 5.75 Å². The van der Waals surface area contributed by atoms with E-state index in [1.165, 1.54) is 6.92 Å². The Morgan fingerprint density at radius 3 is 1.40 bits per heavy atom. The number of phenols is 1. The van der Waals surface area contributed by atoms with Crippen molar-refractivity contribution < 1.29 is 30.3 Å². The summed E-state index contributed by atoms with van der Waals surface area (Å²) in [6.07, 6.45) is 0. The molecule has 5 aromatic carbocycles. The normalized spacial score (nSPS) is 17.5. The predicted molar refractivity (Wildman–Crippen MR) is 201 cm³/mol. The number of aliphatic imine (C=N–C) groups is 4. The fourth-order valence-corrected chi connectivity index (χ4v) is 8.01. The number of amidine groups is 4. The van der Waals surface area contributed by atoms with Crippen molar-refractivity contribution in [1.29, 1.82) is 0 Å². The number of nitro groups is 2. The Morgan fingerprint density at radius 1 is 0.545 bits per heavy atom. The van der Waals surface area contributed by atoms with E-state index in [-0.39, 0.29) is 5.56 Å². The van der Waals surface area contributed by atoms with Gasteiger partial charge in [-0.2, -0.15) is 0 Å². The van der Waals surface area contributed by atoms with E-state index < -0.39 is 27.0 Å². The van der Waals surface area contributed by atoms with Crippen molar-refractivity contribution in [3.8, 4) is 5.75 Å². The molecule has 4 aliphatic rings. The molecular weight excluding hydrogens is 752 g/mol. The summed E-state index contributed by atoms with van der Waals surface area (Å²) < 4.78 is 4.13. The van der Waals surface area contributed by atoms with E-state index in [0.29, 0.717) is 23.3 Å². The van der Waals surface area contributed by atoms with Crippen LogP contribution in [-0.4, -0.2) is 45.5 Å². The second kappa shape index (κ2) is 12.1. The molecule has 0 radical (unpaired) electrons. The van der Waals surface area contributed by atoms with Crippen molar-refractivity contribution in [1.82, 2.24) is 7.17 Å². The predicted octanol–water partition coefficient (Wildman–Crippen LogP) is 6.37. The molecule has 11 rings (SSSR count). The van der Waals surface area contributed by atoms with Crippen LogP contribution in [0.3, 0.4) is 0 Å². The number of phenolic OH excluding ortho intramolecular Hbond substituents is 1. The summed E-state index contributed by atoms with van der Waals surface area (Å²) in [6, 6.07) is 34.5. The average Bonchev–Trinajstić information content (AvgIpc) is 3.90. The second-order valence-electron chi connectivity index (χ2n) is 12.6. The zero-order valence-corrected chi connectivity index (χ0v) is 29.2. The fourth-order valence-electron chi connectivity index (χ4n) is 6.83. The molecule has 0 spiro atoms. The van der Waals surface area contributed by atoms with Crippen LogP contribution in [0.25, 0.3) is 21.5 Å². The molecule has 0 saturated carbocycles. The van der Waals surface area contributed by atoms with Crippen molar-refractivity contribution in [2.24, 2.45) is 30.0 Å². The number of aromatic nitrogens is 2. The van der Waals surface area contributed by atoms with Gasteiger partial charge < -0.3 is 5.11 Å². The zero-order chi connectivity index (χ0) is 37.5. The van der Waals surface area contributed by atoms with E-state index in [1.54, 1.807) is 15.4 Å². The number of nitro benzene ring substituents is 2. The number of aryl methyl sites for hydroxylation is 1. The van der Waals surface area contributed by atoms with Crippen LogP contribution in [0.5, 0.6) is 5.75 Å². The average molecular weight is 774 g/mol. The number of rotatable bonds is 2. The van der Waals surface area contributed by atoms with E-state index in [0.717, 1.165) is 78.5 Å². The van der Waals surface area contributed by atoms with Gasteiger partial charge in [-0.15, -0.1) is 0 Å². The molecule has 269 valence electrons. The number of hydrogen-bond acceptors (Lipinski definition) is 11. The molecule has 0 saturated heterocycles. The molecule has 15 nitrogen and oxygen atoms in total. The summed E-state index contributed by atoms with van der Waals surface area (Å²) in [4.78, 5) is 49.9. The molecule has 0 fully saturated rings. The first kappa shape index (κ1) is 32.2. The van der Waals surface area contributed by atoms with Gasteiger partial charge in [0.05, 0.1) is 15.9 Å². The van der Waals surface area contributed by atoms with Gasteiger partial charge in [-0.25, -0.2) is 0 Å². The van der Waals surface area contributed by atoms with Gasteiger partial charge in [0.1, 0.15) is 0 Å². The van der Waals surface area contributed by atoms with Gasteiger partial charge >= 0.3 is 245 Å². The van der Waals surface area contributed by atoms with E-state index in [4.69, 9.17) is 30.0 Å². The summed E-state index contributed by atoms with van der Waals surface area (Å²) >= 11 is 1.62. The molecule has 6 heterocycles. The first-order chi connectivity index (χ1) is 26.7. The third kappa shape index (κ3) is 4.96. The van der Waals surface area contributed by atoms with E-state index >= 15 is 0 Å². The summed E-state index contributed by atoms with van der Waals surface area (Å²) in [7, 11) is 0. The number of benzene rings is 5. The molecule has 0 amide bonds. The Morgan fingerprint density at radius 2 is 0.964 bits per heavy atom. The second-order valence-corrected chi connectivity index (χ2v) is 13.7. The number of hydrogen-bond donors (Lipinski definition) is 1. The molecule has 16 heteroatoms. The topological polar surface area (TPSA) is 191 Å². The maximum absolute atomic E-state index is 10.4. The Labute approximate surface area is 315 Å². The van der Waals surface area contributed by atoms with Gasteiger partial charge in [-0.05, 0) is 6.92 Å². The molecular formula is C39H22CuN10O5. The Balaban J connectivity index is 0.000000228. The van der Waals surface area contributed by atoms with E-state index in [1.807, 2.05) is 48.5 Å². The van der Waals surface area contributed by atoms with Crippen LogP contribution in [0.2, 0.25) is 0 Å². The molecule has 6 bridgehead atoms. The van der Waals surface area contributed by atoms with Crippen molar-refractivity contribution in [2.45, 2.75) is 6.92 Å². The Kier molecular flexibility index (Phi) is 7.07. The number of fused-ring (bicyclic) bond motifs is 14. The summed E-state index contributed by atoms with van der Waals surface area (Å²) in [5.74, 6) is 3.50. The summed E-state index contributed by atoms with van der Waals surface area (Å²) in [6.45, 7) is 1.36. The molecule has 0 atom stereocenters. The number of nitrogens with zero attached hydrogens (tertiary/aromatic N) is 10. The zero-order valence-electron chi connectivity index (χ0n) is 28.2. The molecule has 0 aliphatic carbocycles. The van der Waals surface area contributed by atoms with Crippen molar-refractivity contribution in [3.05, 3.63) is 168 Å².